The number of hydrogen-bond acceptors (Lipinski definition) is 6. The lowest BCUT2D eigenvalue weighted by atomic mass is 9.99. The van der Waals surface area contributed by atoms with Gasteiger partial charge in [0.1, 0.15) is 22.4 Å². The van der Waals surface area contributed by atoms with Crippen LogP contribution >= 0.6 is 23.4 Å². The summed E-state index contributed by atoms with van der Waals surface area (Å²) in [6, 6.07) is 5.97. The van der Waals surface area contributed by atoms with Crippen LogP contribution in [-0.2, 0) is 25.8 Å². The van der Waals surface area contributed by atoms with Crippen LogP contribution in [0.1, 0.15) is 36.3 Å². The summed E-state index contributed by atoms with van der Waals surface area (Å²) in [6.45, 7) is 3.34. The summed E-state index contributed by atoms with van der Waals surface area (Å²) in [5.74, 6) is -1.46. The molecule has 3 fully saturated rings. The Labute approximate surface area is 270 Å². The number of nitrogens with one attached hydrogen (secondary N) is 2. The molecular formula is C29H28ClF4N5O5S2. The number of aromatic amines is 1. The van der Waals surface area contributed by atoms with Gasteiger partial charge in [0.25, 0.3) is 5.91 Å². The Bertz CT molecular complexity index is 1870. The highest BCUT2D eigenvalue weighted by Crippen LogP contribution is 2.43. The summed E-state index contributed by atoms with van der Waals surface area (Å²) < 4.78 is 80.1. The van der Waals surface area contributed by atoms with Crippen molar-refractivity contribution in [2.24, 2.45) is 0 Å². The number of nitrogens with zero attached hydrogens (tertiary/aromatic N) is 3. The number of likely N-dealkylation sites (tertiary alicyclic amines) is 2. The van der Waals surface area contributed by atoms with Crippen LogP contribution in [0.5, 0.6) is 0 Å². The second kappa shape index (κ2) is 11.4. The van der Waals surface area contributed by atoms with Crippen LogP contribution in [0.2, 0.25) is 5.02 Å². The van der Waals surface area contributed by atoms with Crippen molar-refractivity contribution < 1.29 is 40.4 Å². The topological polar surface area (TPSA) is 123 Å². The summed E-state index contributed by atoms with van der Waals surface area (Å²) in [6.07, 6.45) is -4.35. The molecule has 1 aromatic heterocycles. The normalized spacial score (nSPS) is 22.7. The van der Waals surface area contributed by atoms with Crippen LogP contribution in [-0.4, -0.2) is 94.2 Å². The molecule has 4 heterocycles. The maximum atomic E-state index is 14.0. The molecule has 0 radical (unpaired) electrons. The van der Waals surface area contributed by atoms with Gasteiger partial charge in [-0.15, -0.1) is 11.8 Å². The lowest BCUT2D eigenvalue weighted by Gasteiger charge is -2.39. The summed E-state index contributed by atoms with van der Waals surface area (Å²) in [7, 11) is -4.56. The number of amides is 3. The van der Waals surface area contributed by atoms with Crippen LogP contribution in [0.3, 0.4) is 0 Å². The first-order chi connectivity index (χ1) is 21.5. The second-order valence-corrected chi connectivity index (χ2v) is 15.8. The molecule has 2 aromatic carbocycles. The molecule has 3 amide bonds. The molecule has 246 valence electrons. The predicted molar refractivity (Wildman–Crippen MR) is 162 cm³/mol. The average molecular weight is 702 g/mol. The molecule has 0 spiro atoms. The Balaban J connectivity index is 1.12. The monoisotopic (exact) mass is 701 g/mol. The SMILES string of the molecule is CC1(C)SCN(C(=O)c2cc3cc(F)ccc3[nH]2)[C@@H]1C(=O)N1CC2CC1CN2C(=O)CNS(=O)(=O)c1cc(C(F)(F)F)ccc1Cl. The fourth-order valence-corrected chi connectivity index (χ4v) is 8.99. The van der Waals surface area contributed by atoms with E-state index in [1.165, 1.54) is 39.8 Å². The number of benzene rings is 2. The van der Waals surface area contributed by atoms with Gasteiger partial charge in [0, 0.05) is 28.7 Å². The van der Waals surface area contributed by atoms with E-state index in [1.54, 1.807) is 11.0 Å². The Morgan fingerprint density at radius 1 is 1.04 bits per heavy atom. The number of hydrogen-bond donors (Lipinski definition) is 2. The molecule has 2 unspecified atom stereocenters. The minimum absolute atomic E-state index is 0.128. The van der Waals surface area contributed by atoms with E-state index < -0.39 is 72.7 Å². The van der Waals surface area contributed by atoms with Gasteiger partial charge in [-0.3, -0.25) is 14.4 Å². The number of halogens is 5. The van der Waals surface area contributed by atoms with Gasteiger partial charge in [0.15, 0.2) is 0 Å². The van der Waals surface area contributed by atoms with E-state index in [2.05, 4.69) is 4.98 Å². The third-order valence-electron chi connectivity index (χ3n) is 8.66. The van der Waals surface area contributed by atoms with Crippen molar-refractivity contribution in [3.05, 3.63) is 64.6 Å². The number of alkyl halides is 3. The number of H-pyrrole nitrogens is 1. The van der Waals surface area contributed by atoms with Crippen molar-refractivity contribution in [3.63, 3.8) is 0 Å². The molecule has 0 aliphatic carbocycles. The quantitative estimate of drug-likeness (QED) is 0.374. The molecule has 2 N–H and O–H groups in total. The molecule has 3 atom stereocenters. The van der Waals surface area contributed by atoms with E-state index in [1.807, 2.05) is 18.6 Å². The first-order valence-corrected chi connectivity index (χ1v) is 17.0. The van der Waals surface area contributed by atoms with Gasteiger partial charge in [0.05, 0.1) is 35.1 Å². The molecule has 3 saturated heterocycles. The van der Waals surface area contributed by atoms with E-state index >= 15 is 0 Å². The molecule has 17 heteroatoms. The minimum atomic E-state index is -4.79. The molecule has 3 aliphatic rings. The van der Waals surface area contributed by atoms with E-state index in [-0.39, 0.29) is 36.6 Å². The van der Waals surface area contributed by atoms with Crippen LogP contribution < -0.4 is 4.72 Å². The van der Waals surface area contributed by atoms with Crippen LogP contribution in [0.25, 0.3) is 10.9 Å². The zero-order valence-electron chi connectivity index (χ0n) is 24.4. The fourth-order valence-electron chi connectivity index (χ4n) is 6.37. The highest BCUT2D eigenvalue weighted by atomic mass is 35.5. The number of carbonyl (C=O) groups excluding carboxylic acids is 3. The van der Waals surface area contributed by atoms with Crippen molar-refractivity contribution in [2.45, 2.75) is 54.2 Å². The highest BCUT2D eigenvalue weighted by molar-refractivity contribution is 8.00. The predicted octanol–water partition coefficient (Wildman–Crippen LogP) is 4.06. The zero-order valence-corrected chi connectivity index (χ0v) is 26.8. The third-order valence-corrected chi connectivity index (χ3v) is 11.9. The molecule has 6 rings (SSSR count). The number of aromatic nitrogens is 1. The summed E-state index contributed by atoms with van der Waals surface area (Å²) in [5.41, 5.74) is -0.392. The van der Waals surface area contributed by atoms with Crippen molar-refractivity contribution in [3.8, 4) is 0 Å². The fraction of sp³-hybridized carbons (Fsp3) is 0.414. The largest absolute Gasteiger partial charge is 0.416 e. The van der Waals surface area contributed by atoms with Gasteiger partial charge in [-0.1, -0.05) is 11.6 Å². The molecule has 46 heavy (non-hydrogen) atoms. The maximum Gasteiger partial charge on any atom is 0.416 e. The van der Waals surface area contributed by atoms with Crippen molar-refractivity contribution in [2.75, 3.05) is 25.5 Å². The molecule has 10 nitrogen and oxygen atoms in total. The second-order valence-electron chi connectivity index (χ2n) is 12.0. The molecule has 3 aliphatic heterocycles. The lowest BCUT2D eigenvalue weighted by molar-refractivity contribution is -0.142. The van der Waals surface area contributed by atoms with Crippen molar-refractivity contribution in [1.29, 1.82) is 0 Å². The van der Waals surface area contributed by atoms with Gasteiger partial charge in [-0.05, 0) is 62.7 Å². The number of piperazine rings is 1. The smallest absolute Gasteiger partial charge is 0.351 e. The first-order valence-electron chi connectivity index (χ1n) is 14.2. The van der Waals surface area contributed by atoms with Gasteiger partial charge >= 0.3 is 6.18 Å². The van der Waals surface area contributed by atoms with E-state index in [0.29, 0.717) is 29.5 Å². The summed E-state index contributed by atoms with van der Waals surface area (Å²) in [5, 5.41) is 0.0976. The maximum absolute atomic E-state index is 14.0. The van der Waals surface area contributed by atoms with Gasteiger partial charge < -0.3 is 19.7 Å². The standard InChI is InChI=1S/C29H28ClF4N5O5S2/c1-28(2)25(39(14-45-28)26(41)22-8-15-7-17(31)4-6-21(15)36-22)27(42)38-13-18-10-19(38)12-37(18)24(40)11-35-46(43,44)23-9-16(29(32,33)34)3-5-20(23)30/h3-9,18-19,25,35-36H,10-14H2,1-2H3/t18?,19?,25-/m1/s1. The molecule has 2 bridgehead atoms. The van der Waals surface area contributed by atoms with Crippen molar-refractivity contribution in [1.82, 2.24) is 24.4 Å². The molecule has 3 aromatic rings. The Hall–Kier alpha value is -3.34. The first kappa shape index (κ1) is 32.6. The van der Waals surface area contributed by atoms with Crippen LogP contribution in [0.4, 0.5) is 17.6 Å². The lowest BCUT2D eigenvalue weighted by Crippen LogP contribution is -2.59. The highest BCUT2D eigenvalue weighted by Gasteiger charge is 2.54. The average Bonchev–Trinajstić information content (AvgIpc) is 3.76. The van der Waals surface area contributed by atoms with Crippen LogP contribution in [0.15, 0.2) is 47.4 Å². The van der Waals surface area contributed by atoms with Crippen LogP contribution in [0, 0.1) is 5.82 Å². The number of rotatable bonds is 6. The number of carbonyl (C=O) groups is 3. The van der Waals surface area contributed by atoms with E-state index in [9.17, 15) is 40.4 Å². The number of sulfonamides is 1. The Kier molecular flexibility index (Phi) is 8.09. The van der Waals surface area contributed by atoms with Crippen molar-refractivity contribution >= 4 is 62.0 Å². The Morgan fingerprint density at radius 3 is 2.41 bits per heavy atom. The summed E-state index contributed by atoms with van der Waals surface area (Å²) >= 11 is 7.33. The van der Waals surface area contributed by atoms with Gasteiger partial charge in [0.2, 0.25) is 21.8 Å². The minimum Gasteiger partial charge on any atom is -0.351 e. The number of fused-ring (bicyclic) bond motifs is 3. The summed E-state index contributed by atoms with van der Waals surface area (Å²) in [4.78, 5) is 47.5. The molecule has 0 saturated carbocycles. The zero-order chi connectivity index (χ0) is 33.3. The third kappa shape index (κ3) is 5.84. The van der Waals surface area contributed by atoms with E-state index in [0.717, 1.165) is 6.07 Å². The Morgan fingerprint density at radius 2 is 1.74 bits per heavy atom. The number of thioether (sulfide) groups is 1. The van der Waals surface area contributed by atoms with E-state index in [4.69, 9.17) is 11.6 Å². The van der Waals surface area contributed by atoms with Gasteiger partial charge in [-0.25, -0.2) is 17.5 Å². The molecular weight excluding hydrogens is 674 g/mol. The van der Waals surface area contributed by atoms with Gasteiger partial charge in [-0.2, -0.15) is 13.2 Å².